The summed E-state index contributed by atoms with van der Waals surface area (Å²) < 4.78 is 27.5. The van der Waals surface area contributed by atoms with Gasteiger partial charge in [0.15, 0.2) is 0 Å². The zero-order valence-electron chi connectivity index (χ0n) is 13.7. The minimum Gasteiger partial charge on any atom is -0.384 e. The van der Waals surface area contributed by atoms with Crippen molar-refractivity contribution in [3.05, 3.63) is 100 Å². The Kier molecular flexibility index (Phi) is 4.10. The second-order valence-electron chi connectivity index (χ2n) is 6.22. The quantitative estimate of drug-likeness (QED) is 0.840. The fourth-order valence-electron chi connectivity index (χ4n) is 3.18. The Balaban J connectivity index is 1.51. The van der Waals surface area contributed by atoms with Gasteiger partial charge >= 0.3 is 0 Å². The summed E-state index contributed by atoms with van der Waals surface area (Å²) in [5.74, 6) is -1.04. The van der Waals surface area contributed by atoms with Gasteiger partial charge in [0.05, 0.1) is 0 Å². The number of hydrogen-bond acceptors (Lipinski definition) is 2. The highest BCUT2D eigenvalue weighted by Crippen LogP contribution is 2.30. The molecule has 1 heterocycles. The van der Waals surface area contributed by atoms with Crippen molar-refractivity contribution in [1.82, 2.24) is 5.32 Å². The SMILES string of the molecule is Fc1cccc(F)c1CNC1=CC=C2Nc3ccccc3CC=C2C1. The second kappa shape index (κ2) is 6.55. The molecule has 1 aliphatic carbocycles. The number of para-hydroxylation sites is 1. The summed E-state index contributed by atoms with van der Waals surface area (Å²) in [6.07, 6.45) is 7.76. The molecule has 0 spiro atoms. The van der Waals surface area contributed by atoms with Crippen molar-refractivity contribution in [3.63, 3.8) is 0 Å². The zero-order valence-corrected chi connectivity index (χ0v) is 13.7. The van der Waals surface area contributed by atoms with Crippen molar-refractivity contribution >= 4 is 5.69 Å². The molecule has 0 radical (unpaired) electrons. The van der Waals surface area contributed by atoms with Crippen LogP contribution in [0.3, 0.4) is 0 Å². The maximum absolute atomic E-state index is 13.7. The summed E-state index contributed by atoms with van der Waals surface area (Å²) in [6.45, 7) is 0.133. The lowest BCUT2D eigenvalue weighted by Crippen LogP contribution is -2.18. The van der Waals surface area contributed by atoms with E-state index in [2.05, 4.69) is 28.8 Å². The number of hydrogen-bond donors (Lipinski definition) is 2. The number of benzene rings is 2. The molecule has 2 nitrogen and oxygen atoms in total. The van der Waals surface area contributed by atoms with Gasteiger partial charge in [0.2, 0.25) is 0 Å². The number of halogens is 2. The Bertz CT molecular complexity index is 890. The third-order valence-corrected chi connectivity index (χ3v) is 4.59. The molecule has 0 unspecified atom stereocenters. The van der Waals surface area contributed by atoms with E-state index in [1.807, 2.05) is 24.3 Å². The molecular weight excluding hydrogens is 318 g/mol. The normalized spacial score (nSPS) is 15.7. The standard InChI is InChI=1S/C21H18F2N2/c22-18-5-3-6-19(23)17(18)13-24-16-10-11-21-15(12-16)9-8-14-4-1-2-7-20(14)25-21/h1-7,9-11,24-25H,8,12-13H2. The van der Waals surface area contributed by atoms with E-state index >= 15 is 0 Å². The van der Waals surface area contributed by atoms with Gasteiger partial charge in [-0.15, -0.1) is 0 Å². The highest BCUT2D eigenvalue weighted by atomic mass is 19.1. The van der Waals surface area contributed by atoms with Crippen molar-refractivity contribution in [2.75, 3.05) is 5.32 Å². The van der Waals surface area contributed by atoms with E-state index in [4.69, 9.17) is 0 Å². The van der Waals surface area contributed by atoms with Crippen LogP contribution in [0.15, 0.2) is 77.7 Å². The smallest absolute Gasteiger partial charge is 0.131 e. The van der Waals surface area contributed by atoms with Gasteiger partial charge in [-0.1, -0.05) is 30.3 Å². The molecule has 2 aliphatic rings. The van der Waals surface area contributed by atoms with Crippen LogP contribution in [0.25, 0.3) is 0 Å². The molecule has 0 aromatic heterocycles. The molecule has 126 valence electrons. The first-order chi connectivity index (χ1) is 12.2. The lowest BCUT2D eigenvalue weighted by atomic mass is 10.00. The molecule has 2 aromatic rings. The first-order valence-electron chi connectivity index (χ1n) is 8.32. The van der Waals surface area contributed by atoms with Crippen LogP contribution < -0.4 is 10.6 Å². The van der Waals surface area contributed by atoms with Gasteiger partial charge in [0, 0.05) is 35.6 Å². The largest absolute Gasteiger partial charge is 0.384 e. The molecular formula is C21H18F2N2. The highest BCUT2D eigenvalue weighted by Gasteiger charge is 2.17. The minimum absolute atomic E-state index is 0.0681. The Morgan fingerprint density at radius 1 is 0.960 bits per heavy atom. The molecule has 0 saturated heterocycles. The average molecular weight is 336 g/mol. The maximum Gasteiger partial charge on any atom is 0.131 e. The van der Waals surface area contributed by atoms with Crippen LogP contribution in [0.2, 0.25) is 0 Å². The third kappa shape index (κ3) is 3.20. The second-order valence-corrected chi connectivity index (χ2v) is 6.22. The Morgan fingerprint density at radius 2 is 1.76 bits per heavy atom. The summed E-state index contributed by atoms with van der Waals surface area (Å²) in [4.78, 5) is 0. The van der Waals surface area contributed by atoms with E-state index < -0.39 is 11.6 Å². The van der Waals surface area contributed by atoms with E-state index in [1.165, 1.54) is 29.3 Å². The first kappa shape index (κ1) is 15.6. The topological polar surface area (TPSA) is 24.1 Å². The maximum atomic E-state index is 13.7. The van der Waals surface area contributed by atoms with Gasteiger partial charge in [0.25, 0.3) is 0 Å². The Labute approximate surface area is 145 Å². The van der Waals surface area contributed by atoms with Crippen LogP contribution in [-0.2, 0) is 13.0 Å². The molecule has 2 N–H and O–H groups in total. The molecule has 25 heavy (non-hydrogen) atoms. The van der Waals surface area contributed by atoms with Gasteiger partial charge in [-0.3, -0.25) is 0 Å². The molecule has 0 fully saturated rings. The van der Waals surface area contributed by atoms with Crippen molar-refractivity contribution in [3.8, 4) is 0 Å². The molecule has 0 bridgehead atoms. The summed E-state index contributed by atoms with van der Waals surface area (Å²) in [5.41, 5.74) is 5.67. The number of rotatable bonds is 3. The van der Waals surface area contributed by atoms with Crippen molar-refractivity contribution in [2.45, 2.75) is 19.4 Å². The van der Waals surface area contributed by atoms with Crippen molar-refractivity contribution in [1.29, 1.82) is 0 Å². The average Bonchev–Trinajstić information content (AvgIpc) is 2.80. The Hall–Kier alpha value is -2.88. The molecule has 0 atom stereocenters. The van der Waals surface area contributed by atoms with Crippen LogP contribution in [0.4, 0.5) is 14.5 Å². The zero-order chi connectivity index (χ0) is 17.2. The molecule has 0 amide bonds. The monoisotopic (exact) mass is 336 g/mol. The molecule has 0 saturated carbocycles. The van der Waals surface area contributed by atoms with E-state index in [1.54, 1.807) is 0 Å². The Morgan fingerprint density at radius 3 is 2.60 bits per heavy atom. The lowest BCUT2D eigenvalue weighted by Gasteiger charge is -2.20. The lowest BCUT2D eigenvalue weighted by molar-refractivity contribution is 0.545. The first-order valence-corrected chi connectivity index (χ1v) is 8.32. The fraction of sp³-hybridized carbons (Fsp3) is 0.143. The van der Waals surface area contributed by atoms with Crippen molar-refractivity contribution in [2.24, 2.45) is 0 Å². The predicted octanol–water partition coefficient (Wildman–Crippen LogP) is 4.82. The molecule has 4 rings (SSSR count). The summed E-state index contributed by atoms with van der Waals surface area (Å²) in [5, 5.41) is 6.64. The van der Waals surface area contributed by atoms with Gasteiger partial charge in [-0.25, -0.2) is 8.78 Å². The van der Waals surface area contributed by atoms with Crippen LogP contribution in [0, 0.1) is 11.6 Å². The van der Waals surface area contributed by atoms with E-state index in [-0.39, 0.29) is 12.1 Å². The molecule has 2 aromatic carbocycles. The van der Waals surface area contributed by atoms with E-state index in [0.29, 0.717) is 6.42 Å². The molecule has 1 aliphatic heterocycles. The van der Waals surface area contributed by atoms with E-state index in [0.717, 1.165) is 23.5 Å². The van der Waals surface area contributed by atoms with Crippen LogP contribution in [0.5, 0.6) is 0 Å². The number of fused-ring (bicyclic) bond motifs is 2. The van der Waals surface area contributed by atoms with Gasteiger partial charge in [-0.05, 0) is 47.9 Å². The summed E-state index contributed by atoms with van der Waals surface area (Å²) in [7, 11) is 0. The highest BCUT2D eigenvalue weighted by molar-refractivity contribution is 5.63. The fourth-order valence-corrected chi connectivity index (χ4v) is 3.18. The van der Waals surface area contributed by atoms with Crippen molar-refractivity contribution < 1.29 is 8.78 Å². The minimum atomic E-state index is -0.522. The van der Waals surface area contributed by atoms with Gasteiger partial charge in [-0.2, -0.15) is 0 Å². The van der Waals surface area contributed by atoms with Gasteiger partial charge in [0.1, 0.15) is 11.6 Å². The van der Waals surface area contributed by atoms with Crippen LogP contribution in [0.1, 0.15) is 17.5 Å². The summed E-state index contributed by atoms with van der Waals surface area (Å²) >= 11 is 0. The molecule has 4 heteroatoms. The predicted molar refractivity (Wildman–Crippen MR) is 95.8 cm³/mol. The van der Waals surface area contributed by atoms with Gasteiger partial charge < -0.3 is 10.6 Å². The van der Waals surface area contributed by atoms with Crippen LogP contribution >= 0.6 is 0 Å². The van der Waals surface area contributed by atoms with E-state index in [9.17, 15) is 8.78 Å². The number of nitrogens with one attached hydrogen (secondary N) is 2. The third-order valence-electron chi connectivity index (χ3n) is 4.59. The van der Waals surface area contributed by atoms with Crippen LogP contribution in [-0.4, -0.2) is 0 Å². The number of anilines is 1. The summed E-state index contributed by atoms with van der Waals surface area (Å²) in [6, 6.07) is 12.2. The number of allylic oxidation sites excluding steroid dienone is 5.